The molecule has 0 radical (unpaired) electrons. The Hall–Kier alpha value is -4.80. The number of ether oxygens (including phenoxy) is 6. The lowest BCUT2D eigenvalue weighted by Gasteiger charge is -2.14. The molecule has 0 heterocycles. The Balaban J connectivity index is 1.83. The molecule has 0 unspecified atom stereocenters. The lowest BCUT2D eigenvalue weighted by molar-refractivity contribution is -0.274. The van der Waals surface area contributed by atoms with E-state index in [1.165, 1.54) is 60.0 Å². The van der Waals surface area contributed by atoms with E-state index in [1.54, 1.807) is 24.3 Å². The Morgan fingerprint density at radius 3 is 1.70 bits per heavy atom. The zero-order valence-corrected chi connectivity index (χ0v) is 22.4. The van der Waals surface area contributed by atoms with E-state index < -0.39 is 17.9 Å². The second-order valence-electron chi connectivity index (χ2n) is 8.01. The topological polar surface area (TPSA) is 84.5 Å². The van der Waals surface area contributed by atoms with Gasteiger partial charge in [-0.2, -0.15) is 0 Å². The van der Waals surface area contributed by atoms with Crippen LogP contribution in [-0.4, -0.2) is 47.7 Å². The second kappa shape index (κ2) is 13.3. The third-order valence-electron chi connectivity index (χ3n) is 5.50. The molecule has 0 saturated heterocycles. The normalized spacial score (nSPS) is 11.4. The fourth-order valence-corrected chi connectivity index (χ4v) is 3.70. The van der Waals surface area contributed by atoms with Crippen molar-refractivity contribution in [2.24, 2.45) is 0 Å². The number of hydrogen-bond donors (Lipinski definition) is 1. The van der Waals surface area contributed by atoms with Crippen molar-refractivity contribution in [1.82, 2.24) is 0 Å². The first-order valence-electron chi connectivity index (χ1n) is 11.7. The molecule has 1 N–H and O–H groups in total. The van der Waals surface area contributed by atoms with Crippen LogP contribution in [0.25, 0.3) is 12.2 Å². The molecule has 0 spiro atoms. The number of alkyl halides is 3. The largest absolute Gasteiger partial charge is 0.573 e. The number of nitrogens with one attached hydrogen (secondary N) is 1. The van der Waals surface area contributed by atoms with E-state index in [0.29, 0.717) is 34.4 Å². The minimum atomic E-state index is -4.81. The molecule has 0 amide bonds. The summed E-state index contributed by atoms with van der Waals surface area (Å²) in [4.78, 5) is 12.5. The van der Waals surface area contributed by atoms with Crippen LogP contribution in [0, 0.1) is 0 Å². The first-order valence-corrected chi connectivity index (χ1v) is 11.7. The predicted octanol–water partition coefficient (Wildman–Crippen LogP) is 6.61. The van der Waals surface area contributed by atoms with Crippen molar-refractivity contribution in [2.45, 2.75) is 6.36 Å². The molecule has 0 aliphatic heterocycles. The van der Waals surface area contributed by atoms with Crippen LogP contribution < -0.4 is 33.7 Å². The molecule has 0 atom stereocenters. The fourth-order valence-electron chi connectivity index (χ4n) is 3.70. The van der Waals surface area contributed by atoms with Crippen LogP contribution in [0.3, 0.4) is 0 Å². The summed E-state index contributed by atoms with van der Waals surface area (Å²) in [7, 11) is 7.58. The highest BCUT2D eigenvalue weighted by molar-refractivity contribution is 6.04. The van der Waals surface area contributed by atoms with E-state index in [1.807, 2.05) is 12.2 Å². The lowest BCUT2D eigenvalue weighted by atomic mass is 10.1. The van der Waals surface area contributed by atoms with Gasteiger partial charge in [-0.1, -0.05) is 12.2 Å². The molecular weight excluding hydrogens is 531 g/mol. The van der Waals surface area contributed by atoms with Gasteiger partial charge in [0.2, 0.25) is 5.75 Å². The van der Waals surface area contributed by atoms with E-state index in [2.05, 4.69) is 10.1 Å². The van der Waals surface area contributed by atoms with Crippen molar-refractivity contribution in [3.8, 4) is 34.5 Å². The molecule has 0 aromatic heterocycles. The average molecular weight is 560 g/mol. The number of carbonyl (C=O) groups is 1. The summed E-state index contributed by atoms with van der Waals surface area (Å²) >= 11 is 0. The Bertz CT molecular complexity index is 1360. The molecule has 0 aliphatic rings. The second-order valence-corrected chi connectivity index (χ2v) is 8.01. The number of halogens is 3. The van der Waals surface area contributed by atoms with Gasteiger partial charge >= 0.3 is 6.36 Å². The summed E-state index contributed by atoms with van der Waals surface area (Å²) in [6, 6.07) is 11.8. The smallest absolute Gasteiger partial charge is 0.493 e. The van der Waals surface area contributed by atoms with Gasteiger partial charge < -0.3 is 33.7 Å². The molecule has 11 heteroatoms. The summed E-state index contributed by atoms with van der Waals surface area (Å²) in [5.41, 5.74) is 2.22. The zero-order valence-electron chi connectivity index (χ0n) is 22.4. The molecule has 3 rings (SSSR count). The maximum atomic E-state index is 12.5. The van der Waals surface area contributed by atoms with E-state index in [0.717, 1.165) is 23.3 Å². The molecule has 0 saturated carbocycles. The van der Waals surface area contributed by atoms with Gasteiger partial charge in [-0.15, -0.1) is 13.2 Å². The summed E-state index contributed by atoms with van der Waals surface area (Å²) in [6.07, 6.45) is 1.51. The van der Waals surface area contributed by atoms with Gasteiger partial charge in [0, 0.05) is 17.8 Å². The van der Waals surface area contributed by atoms with Gasteiger partial charge in [-0.3, -0.25) is 4.79 Å². The van der Waals surface area contributed by atoms with Crippen LogP contribution in [0.1, 0.15) is 21.5 Å². The number of benzene rings is 3. The first-order chi connectivity index (χ1) is 19.1. The third kappa shape index (κ3) is 7.62. The van der Waals surface area contributed by atoms with Gasteiger partial charge in [0.15, 0.2) is 28.8 Å². The minimum absolute atomic E-state index is 0.180. The highest BCUT2D eigenvalue weighted by Crippen LogP contribution is 2.40. The van der Waals surface area contributed by atoms with Crippen LogP contribution in [0.2, 0.25) is 0 Å². The van der Waals surface area contributed by atoms with Crippen molar-refractivity contribution >= 4 is 23.6 Å². The molecule has 3 aromatic carbocycles. The molecule has 0 bridgehead atoms. The minimum Gasteiger partial charge on any atom is -0.493 e. The highest BCUT2D eigenvalue weighted by Gasteiger charge is 2.31. The Morgan fingerprint density at radius 1 is 0.725 bits per heavy atom. The molecular formula is C29H28F3NO7. The number of allylic oxidation sites excluding steroid dienone is 1. The van der Waals surface area contributed by atoms with Crippen molar-refractivity contribution < 1.29 is 46.4 Å². The van der Waals surface area contributed by atoms with Crippen LogP contribution in [0.5, 0.6) is 34.5 Å². The van der Waals surface area contributed by atoms with Gasteiger partial charge in [0.05, 0.1) is 41.2 Å². The highest BCUT2D eigenvalue weighted by atomic mass is 19.4. The van der Waals surface area contributed by atoms with E-state index >= 15 is 0 Å². The molecule has 40 heavy (non-hydrogen) atoms. The van der Waals surface area contributed by atoms with Crippen LogP contribution in [0.4, 0.5) is 18.9 Å². The maximum Gasteiger partial charge on any atom is 0.573 e. The number of rotatable bonds is 12. The van der Waals surface area contributed by atoms with Gasteiger partial charge in [0.1, 0.15) is 5.75 Å². The Kier molecular flexibility index (Phi) is 9.91. The number of anilines is 1. The summed E-state index contributed by atoms with van der Waals surface area (Å²) in [5.74, 6) is 1.48. The van der Waals surface area contributed by atoms with E-state index in [9.17, 15) is 18.0 Å². The van der Waals surface area contributed by atoms with Crippen LogP contribution in [-0.2, 0) is 0 Å². The monoisotopic (exact) mass is 559 g/mol. The average Bonchev–Trinajstić information content (AvgIpc) is 2.94. The molecule has 212 valence electrons. The van der Waals surface area contributed by atoms with Gasteiger partial charge in [-0.05, 0) is 59.7 Å². The summed E-state index contributed by atoms with van der Waals surface area (Å²) < 4.78 is 68.0. The SMILES string of the molecule is COc1cc(/C=C\c2cc(OC)c(OC)c(OC)c2)cc(N/C=C\C(=O)c2ccc(OC(F)(F)F)cc2)c1OC. The van der Waals surface area contributed by atoms with Crippen molar-refractivity contribution in [2.75, 3.05) is 40.9 Å². The van der Waals surface area contributed by atoms with Crippen molar-refractivity contribution in [3.05, 3.63) is 77.5 Å². The first kappa shape index (κ1) is 29.8. The standard InChI is InChI=1S/C29H28F3NO7/c1-35-24-15-18(6-7-19-16-25(36-2)28(39-5)26(17-19)37-3)14-22(27(24)38-4)33-13-12-23(34)20-8-10-21(11-9-20)40-29(30,31)32/h6-17,33H,1-5H3/b7-6-,13-12-. The predicted molar refractivity (Wildman–Crippen MR) is 145 cm³/mol. The maximum absolute atomic E-state index is 12.5. The number of methoxy groups -OCH3 is 5. The van der Waals surface area contributed by atoms with Crippen molar-refractivity contribution in [1.29, 1.82) is 0 Å². The van der Waals surface area contributed by atoms with E-state index in [-0.39, 0.29) is 5.56 Å². The molecule has 8 nitrogen and oxygen atoms in total. The fraction of sp³-hybridized carbons (Fsp3) is 0.207. The van der Waals surface area contributed by atoms with Gasteiger partial charge in [-0.25, -0.2) is 0 Å². The molecule has 0 fully saturated rings. The molecule has 0 aliphatic carbocycles. The Morgan fingerprint density at radius 2 is 1.23 bits per heavy atom. The Labute approximate surface area is 229 Å². The van der Waals surface area contributed by atoms with Crippen molar-refractivity contribution in [3.63, 3.8) is 0 Å². The summed E-state index contributed by atoms with van der Waals surface area (Å²) in [6.45, 7) is 0. The lowest BCUT2D eigenvalue weighted by Crippen LogP contribution is -2.17. The van der Waals surface area contributed by atoms with Gasteiger partial charge in [0.25, 0.3) is 0 Å². The summed E-state index contributed by atoms with van der Waals surface area (Å²) in [5, 5.41) is 3.00. The van der Waals surface area contributed by atoms with Crippen LogP contribution >= 0.6 is 0 Å². The number of hydrogen-bond acceptors (Lipinski definition) is 8. The number of carbonyl (C=O) groups excluding carboxylic acids is 1. The number of ketones is 1. The van der Waals surface area contributed by atoms with E-state index in [4.69, 9.17) is 23.7 Å². The third-order valence-corrected chi connectivity index (χ3v) is 5.50. The van der Waals surface area contributed by atoms with Crippen LogP contribution in [0.15, 0.2) is 60.8 Å². The molecule has 3 aromatic rings. The quantitative estimate of drug-likeness (QED) is 0.151. The zero-order chi connectivity index (χ0) is 29.3.